The topological polar surface area (TPSA) is 117 Å². The highest BCUT2D eigenvalue weighted by Crippen LogP contribution is 2.26. The van der Waals surface area contributed by atoms with Crippen molar-refractivity contribution < 1.29 is 33.5 Å². The van der Waals surface area contributed by atoms with E-state index in [1.54, 1.807) is 29.0 Å². The van der Waals surface area contributed by atoms with Gasteiger partial charge in [-0.25, -0.2) is 0 Å². The van der Waals surface area contributed by atoms with Crippen LogP contribution in [0.25, 0.3) is 0 Å². The van der Waals surface area contributed by atoms with Crippen LogP contribution in [-0.4, -0.2) is 95.8 Å². The molecule has 1 aromatic rings. The number of allylic oxidation sites excluding steroid dienone is 1. The van der Waals surface area contributed by atoms with Crippen molar-refractivity contribution in [3.8, 4) is 5.75 Å². The number of hydrogen-bond acceptors (Lipinski definition) is 12. The SMILES string of the molecule is C=C(CCC(C)SSC)NCCOCCOCCOCCOCCOCCOc1cc(CO)cc(CN=O)c1. The summed E-state index contributed by atoms with van der Waals surface area (Å²) >= 11 is 0. The van der Waals surface area contributed by atoms with Crippen molar-refractivity contribution in [2.75, 3.05) is 85.5 Å². The maximum atomic E-state index is 10.5. The molecule has 2 N–H and O–H groups in total. The van der Waals surface area contributed by atoms with E-state index in [1.807, 2.05) is 10.8 Å². The highest BCUT2D eigenvalue weighted by Gasteiger charge is 2.04. The monoisotopic (exact) mass is 590 g/mol. The smallest absolute Gasteiger partial charge is 0.120 e. The molecular formula is C27H46N2O8S2. The summed E-state index contributed by atoms with van der Waals surface area (Å²) in [6.45, 7) is 12.3. The van der Waals surface area contributed by atoms with Crippen LogP contribution in [0.1, 0.15) is 30.9 Å². The second kappa shape index (κ2) is 25.6. The van der Waals surface area contributed by atoms with Gasteiger partial charge in [-0.3, -0.25) is 0 Å². The quantitative estimate of drug-likeness (QED) is 0.0831. The van der Waals surface area contributed by atoms with E-state index in [0.717, 1.165) is 25.1 Å². The molecule has 0 heterocycles. The maximum absolute atomic E-state index is 10.5. The normalized spacial score (nSPS) is 11.9. The van der Waals surface area contributed by atoms with Crippen molar-refractivity contribution >= 4 is 21.6 Å². The first-order chi connectivity index (χ1) is 19.1. The van der Waals surface area contributed by atoms with Crippen LogP contribution < -0.4 is 10.1 Å². The molecular weight excluding hydrogens is 544 g/mol. The number of nitrogens with zero attached hydrogens (tertiary/aromatic N) is 1. The molecule has 0 aliphatic rings. The van der Waals surface area contributed by atoms with E-state index < -0.39 is 0 Å². The van der Waals surface area contributed by atoms with Gasteiger partial charge < -0.3 is 38.8 Å². The molecule has 0 radical (unpaired) electrons. The van der Waals surface area contributed by atoms with Gasteiger partial charge in [-0.2, -0.15) is 4.91 Å². The van der Waals surface area contributed by atoms with E-state index in [-0.39, 0.29) is 13.2 Å². The first-order valence-electron chi connectivity index (χ1n) is 13.2. The summed E-state index contributed by atoms with van der Waals surface area (Å²) < 4.78 is 33.1. The first kappa shape index (κ1) is 35.6. The fourth-order valence-corrected chi connectivity index (χ4v) is 5.06. The van der Waals surface area contributed by atoms with Crippen LogP contribution in [0, 0.1) is 4.91 Å². The molecule has 12 heteroatoms. The lowest BCUT2D eigenvalue weighted by molar-refractivity contribution is -0.0124. The predicted molar refractivity (Wildman–Crippen MR) is 158 cm³/mol. The van der Waals surface area contributed by atoms with Gasteiger partial charge in [0.2, 0.25) is 0 Å². The number of nitroso groups, excluding NO2 is 1. The molecule has 224 valence electrons. The second-order valence-corrected chi connectivity index (χ2v) is 11.4. The Morgan fingerprint density at radius 3 is 1.97 bits per heavy atom. The van der Waals surface area contributed by atoms with Gasteiger partial charge in [-0.1, -0.05) is 46.3 Å². The molecule has 0 spiro atoms. The molecule has 0 saturated heterocycles. The van der Waals surface area contributed by atoms with E-state index in [2.05, 4.69) is 30.3 Å². The third-order valence-electron chi connectivity index (χ3n) is 5.17. The third kappa shape index (κ3) is 21.1. The second-order valence-electron chi connectivity index (χ2n) is 8.48. The number of rotatable bonds is 28. The number of nitrogens with one attached hydrogen (secondary N) is 1. The summed E-state index contributed by atoms with van der Waals surface area (Å²) in [5.74, 6) is 0.574. The first-order valence-corrected chi connectivity index (χ1v) is 15.9. The lowest BCUT2D eigenvalue weighted by Gasteiger charge is -2.13. The highest BCUT2D eigenvalue weighted by molar-refractivity contribution is 8.76. The van der Waals surface area contributed by atoms with Gasteiger partial charge >= 0.3 is 0 Å². The zero-order chi connectivity index (χ0) is 28.4. The van der Waals surface area contributed by atoms with Crippen LogP contribution in [0.15, 0.2) is 35.7 Å². The van der Waals surface area contributed by atoms with Crippen LogP contribution in [0.5, 0.6) is 5.75 Å². The highest BCUT2D eigenvalue weighted by atomic mass is 33.1. The number of ether oxygens (including phenoxy) is 6. The average molecular weight is 591 g/mol. The van der Waals surface area contributed by atoms with Crippen molar-refractivity contribution in [3.63, 3.8) is 0 Å². The van der Waals surface area contributed by atoms with Gasteiger partial charge in [-0.05, 0) is 42.4 Å². The van der Waals surface area contributed by atoms with Gasteiger partial charge in [0.25, 0.3) is 0 Å². The van der Waals surface area contributed by atoms with Crippen LogP contribution in [0.3, 0.4) is 0 Å². The van der Waals surface area contributed by atoms with Crippen molar-refractivity contribution in [1.82, 2.24) is 5.32 Å². The van der Waals surface area contributed by atoms with Crippen LogP contribution in [0.4, 0.5) is 0 Å². The minimum atomic E-state index is -0.129. The lowest BCUT2D eigenvalue weighted by atomic mass is 10.1. The molecule has 0 aliphatic carbocycles. The summed E-state index contributed by atoms with van der Waals surface area (Å²) in [6.07, 6.45) is 4.22. The lowest BCUT2D eigenvalue weighted by Crippen LogP contribution is -2.20. The molecule has 1 unspecified atom stereocenters. The summed E-state index contributed by atoms with van der Waals surface area (Å²) in [6, 6.07) is 5.18. The van der Waals surface area contributed by atoms with E-state index in [4.69, 9.17) is 28.4 Å². The zero-order valence-electron chi connectivity index (χ0n) is 23.4. The largest absolute Gasteiger partial charge is 0.491 e. The van der Waals surface area contributed by atoms with Gasteiger partial charge in [0.15, 0.2) is 0 Å². The Hall–Kier alpha value is -1.38. The van der Waals surface area contributed by atoms with E-state index in [1.165, 1.54) is 0 Å². The Bertz CT molecular complexity index is 760. The van der Waals surface area contributed by atoms with Crippen molar-refractivity contribution in [2.24, 2.45) is 5.18 Å². The number of aliphatic hydroxyl groups is 1. The van der Waals surface area contributed by atoms with E-state index in [9.17, 15) is 10.0 Å². The van der Waals surface area contributed by atoms with Crippen molar-refractivity contribution in [2.45, 2.75) is 38.2 Å². The molecule has 1 rings (SSSR count). The molecule has 0 aliphatic heterocycles. The van der Waals surface area contributed by atoms with Gasteiger partial charge in [0.1, 0.15) is 18.9 Å². The molecule has 0 aromatic heterocycles. The molecule has 1 aromatic carbocycles. The maximum Gasteiger partial charge on any atom is 0.120 e. The molecule has 10 nitrogen and oxygen atoms in total. The Kier molecular flexibility index (Phi) is 23.4. The molecule has 39 heavy (non-hydrogen) atoms. The Morgan fingerprint density at radius 1 is 0.897 bits per heavy atom. The van der Waals surface area contributed by atoms with E-state index in [0.29, 0.717) is 94.8 Å². The number of aliphatic hydroxyl groups excluding tert-OH is 1. The minimum Gasteiger partial charge on any atom is -0.491 e. The number of benzene rings is 1. The average Bonchev–Trinajstić information content (AvgIpc) is 2.93. The molecule has 0 bridgehead atoms. The zero-order valence-corrected chi connectivity index (χ0v) is 25.0. The standard InChI is InChI=1S/C27H46N2O8S2/c1-23(4-5-24(2)39-38-3)28-6-7-32-8-9-33-10-11-34-12-13-35-14-15-36-16-17-37-27-19-25(21-29-31)18-26(20-27)22-30/h18-20,24,28,30H,1,4-17,21-22H2,2-3H3. The Morgan fingerprint density at radius 2 is 1.44 bits per heavy atom. The van der Waals surface area contributed by atoms with Crippen molar-refractivity contribution in [3.05, 3.63) is 46.5 Å². The fraction of sp³-hybridized carbons (Fsp3) is 0.704. The third-order valence-corrected chi connectivity index (χ3v) is 7.49. The van der Waals surface area contributed by atoms with Crippen molar-refractivity contribution in [1.29, 1.82) is 0 Å². The van der Waals surface area contributed by atoms with Gasteiger partial charge in [0.05, 0.1) is 72.7 Å². The molecule has 0 saturated carbocycles. The Balaban J connectivity index is 1.82. The van der Waals surface area contributed by atoms with Crippen LogP contribution >= 0.6 is 21.6 Å². The molecule has 0 amide bonds. The van der Waals surface area contributed by atoms with Crippen LogP contribution in [-0.2, 0) is 36.8 Å². The summed E-state index contributed by atoms with van der Waals surface area (Å²) in [4.78, 5) is 10.5. The van der Waals surface area contributed by atoms with Gasteiger partial charge in [-0.15, -0.1) is 0 Å². The summed E-state index contributed by atoms with van der Waals surface area (Å²) in [5, 5.41) is 16.1. The fourth-order valence-electron chi connectivity index (χ4n) is 3.25. The number of hydrogen-bond donors (Lipinski definition) is 2. The summed E-state index contributed by atoms with van der Waals surface area (Å²) in [5.41, 5.74) is 2.44. The molecule has 0 fully saturated rings. The van der Waals surface area contributed by atoms with Crippen LogP contribution in [0.2, 0.25) is 0 Å². The minimum absolute atomic E-state index is 0.0390. The van der Waals surface area contributed by atoms with E-state index >= 15 is 0 Å². The molecule has 1 atom stereocenters. The predicted octanol–water partition coefficient (Wildman–Crippen LogP) is 4.19. The Labute approximate surface area is 241 Å². The summed E-state index contributed by atoms with van der Waals surface area (Å²) in [7, 11) is 3.71. The van der Waals surface area contributed by atoms with Gasteiger partial charge in [0, 0.05) is 17.5 Å².